The molecule has 3 heterocycles. The quantitative estimate of drug-likeness (QED) is 0.0418. The second kappa shape index (κ2) is 33.6. The lowest BCUT2D eigenvalue weighted by Crippen LogP contribution is -2.64. The van der Waals surface area contributed by atoms with Gasteiger partial charge in [-0.3, -0.25) is 38.4 Å². The Morgan fingerprint density at radius 3 is 2.00 bits per heavy atom. The largest absolute Gasteiger partial charge is 0.508 e. The summed E-state index contributed by atoms with van der Waals surface area (Å²) in [5.41, 5.74) is 5.32. The predicted molar refractivity (Wildman–Crippen MR) is 299 cm³/mol. The van der Waals surface area contributed by atoms with E-state index in [9.17, 15) is 79.2 Å². The molecule has 26 nitrogen and oxygen atoms in total. The first-order valence-corrected chi connectivity index (χ1v) is 29.0. The van der Waals surface area contributed by atoms with Crippen LogP contribution in [0.3, 0.4) is 0 Å². The molecule has 3 aliphatic heterocycles. The zero-order valence-corrected chi connectivity index (χ0v) is 48.5. The standard InChI is InChI=1S/C56H94N10O16/c1-7-31(2)25-32(3)15-12-10-8-9-11-13-16-44(74)59-37-27-41(71)38(29-58-22-14-23-64(5)6)60-54(80)48-40(70)21-24-65(48)56(82)46(42(72)28-43(57)73)62-53(79)47(50(76)49(75)34-17-19-35(68)20-18-34)63-52(78)39-26-36(69)30-66(39)55(81)45(33(4)67)61-51(37)77/h17-20,31-33,36-42,45-50,58,67-72,75-76H,7-16,21-30H2,1-6H3,(H2,57,73)(H,59,74)(H,60,80)(H,61,77)(H,62,79)(H,63,78)/t31-,32+,33+,36+,37-,38+,39-,40-,41+,42+,45-,46-,47-,48-,49-,50-/m0/s1. The molecule has 1 aromatic carbocycles. The van der Waals surface area contributed by atoms with Gasteiger partial charge in [-0.05, 0) is 89.3 Å². The average Bonchev–Trinajstić information content (AvgIpc) is 4.12. The molecule has 0 aromatic heterocycles. The highest BCUT2D eigenvalue weighted by atomic mass is 16.3. The van der Waals surface area contributed by atoms with Gasteiger partial charge in [0, 0.05) is 38.9 Å². The van der Waals surface area contributed by atoms with Gasteiger partial charge >= 0.3 is 0 Å². The molecule has 16 atom stereocenters. The predicted octanol–water partition coefficient (Wildman–Crippen LogP) is -2.75. The first-order chi connectivity index (χ1) is 38.7. The molecule has 1 aromatic rings. The molecule has 0 unspecified atom stereocenters. The lowest BCUT2D eigenvalue weighted by atomic mass is 9.91. The second-order valence-electron chi connectivity index (χ2n) is 23.1. The number of benzene rings is 1. The van der Waals surface area contributed by atoms with E-state index in [-0.39, 0.29) is 37.2 Å². The van der Waals surface area contributed by atoms with Gasteiger partial charge in [0.2, 0.25) is 47.3 Å². The Morgan fingerprint density at radius 1 is 0.744 bits per heavy atom. The summed E-state index contributed by atoms with van der Waals surface area (Å²) in [6.07, 6.45) is -6.14. The van der Waals surface area contributed by atoms with Gasteiger partial charge in [-0.15, -0.1) is 0 Å². The Kier molecular flexibility index (Phi) is 28.3. The smallest absolute Gasteiger partial charge is 0.248 e. The normalized spacial score (nSPS) is 27.6. The minimum Gasteiger partial charge on any atom is -0.508 e. The molecule has 3 saturated heterocycles. The molecular formula is C56H94N10O16. The highest BCUT2D eigenvalue weighted by Gasteiger charge is 2.49. The van der Waals surface area contributed by atoms with Crippen LogP contribution in [0.5, 0.6) is 5.75 Å². The monoisotopic (exact) mass is 1160 g/mol. The van der Waals surface area contributed by atoms with Crippen molar-refractivity contribution in [3.05, 3.63) is 29.8 Å². The number of nitrogens with one attached hydrogen (secondary N) is 6. The fraction of sp³-hybridized carbons (Fsp3) is 0.750. The number of primary amides is 1. The average molecular weight is 1160 g/mol. The second-order valence-corrected chi connectivity index (χ2v) is 23.1. The molecule has 82 heavy (non-hydrogen) atoms. The molecule has 4 rings (SSSR count). The Labute approximate surface area is 480 Å². The summed E-state index contributed by atoms with van der Waals surface area (Å²) >= 11 is 0. The van der Waals surface area contributed by atoms with Gasteiger partial charge in [0.05, 0.1) is 43.0 Å². The van der Waals surface area contributed by atoms with Crippen LogP contribution in [-0.4, -0.2) is 229 Å². The Hall–Kier alpha value is -5.58. The number of phenolic OH excluding ortho intramolecular Hbond substituents is 1. The number of fused-ring (bicyclic) bond motifs is 2. The summed E-state index contributed by atoms with van der Waals surface area (Å²) in [4.78, 5) is 117. The molecule has 3 fully saturated rings. The number of aliphatic hydroxyl groups is 7. The lowest BCUT2D eigenvalue weighted by Gasteiger charge is -2.35. The van der Waals surface area contributed by atoms with Crippen molar-refractivity contribution in [2.75, 3.05) is 46.8 Å². The van der Waals surface area contributed by atoms with E-state index < -0.39 is 158 Å². The Bertz CT molecular complexity index is 2250. The van der Waals surface area contributed by atoms with Crippen molar-refractivity contribution in [1.29, 1.82) is 0 Å². The molecule has 464 valence electrons. The first kappa shape index (κ1) is 68.9. The van der Waals surface area contributed by atoms with Crippen LogP contribution in [0.15, 0.2) is 24.3 Å². The third-order valence-electron chi connectivity index (χ3n) is 15.8. The molecule has 0 aliphatic carbocycles. The summed E-state index contributed by atoms with van der Waals surface area (Å²) in [5, 5.41) is 105. The maximum atomic E-state index is 14.7. The van der Waals surface area contributed by atoms with Crippen molar-refractivity contribution in [2.24, 2.45) is 17.6 Å². The van der Waals surface area contributed by atoms with Crippen LogP contribution in [0.4, 0.5) is 0 Å². The third-order valence-corrected chi connectivity index (χ3v) is 15.8. The number of carbonyl (C=O) groups is 8. The van der Waals surface area contributed by atoms with E-state index in [2.05, 4.69) is 52.7 Å². The van der Waals surface area contributed by atoms with E-state index in [1.54, 1.807) is 0 Å². The van der Waals surface area contributed by atoms with Crippen molar-refractivity contribution in [3.63, 3.8) is 0 Å². The number of phenols is 1. The molecule has 26 heteroatoms. The lowest BCUT2D eigenvalue weighted by molar-refractivity contribution is -0.148. The zero-order valence-electron chi connectivity index (χ0n) is 48.5. The van der Waals surface area contributed by atoms with Gasteiger partial charge in [0.15, 0.2) is 0 Å². The van der Waals surface area contributed by atoms with E-state index >= 15 is 0 Å². The van der Waals surface area contributed by atoms with Gasteiger partial charge in [0.25, 0.3) is 0 Å². The maximum Gasteiger partial charge on any atom is 0.248 e. The SMILES string of the molecule is CC[C@H](C)C[C@H](C)CCCCCCCCC(=O)N[C@H]1C[C@@H](O)[C@@H](CNCCCN(C)C)NC(=O)[C@@H]2[C@@H](O)CCN2C(=O)[C@H]([C@H](O)CC(N)=O)NC(=O)[C@H]([C@H](O)[C@@H](O)c2ccc(O)cc2)NC(=O)[C@@H]2C[C@@H](O)CN2C(=O)[C@H]([C@@H](C)O)NC1=O. The highest BCUT2D eigenvalue weighted by molar-refractivity contribution is 5.98. The van der Waals surface area contributed by atoms with Crippen LogP contribution >= 0.6 is 0 Å². The summed E-state index contributed by atoms with van der Waals surface area (Å²) in [6.45, 7) is 7.77. The van der Waals surface area contributed by atoms with Gasteiger partial charge in [-0.25, -0.2) is 0 Å². The molecule has 8 amide bonds. The fourth-order valence-corrected chi connectivity index (χ4v) is 10.8. The van der Waals surface area contributed by atoms with Crippen molar-refractivity contribution >= 4 is 47.3 Å². The molecule has 0 radical (unpaired) electrons. The molecule has 0 spiro atoms. The van der Waals surface area contributed by atoms with Crippen LogP contribution in [0.1, 0.15) is 136 Å². The van der Waals surface area contributed by atoms with E-state index in [0.29, 0.717) is 44.2 Å². The van der Waals surface area contributed by atoms with E-state index in [0.717, 1.165) is 67.4 Å². The number of carbonyl (C=O) groups excluding carboxylic acids is 8. The maximum absolute atomic E-state index is 14.7. The van der Waals surface area contributed by atoms with E-state index in [4.69, 9.17) is 5.73 Å². The fourth-order valence-electron chi connectivity index (χ4n) is 10.8. The van der Waals surface area contributed by atoms with Crippen LogP contribution in [0, 0.1) is 11.8 Å². The molecule has 16 N–H and O–H groups in total. The number of nitrogens with zero attached hydrogens (tertiary/aromatic N) is 3. The minimum absolute atomic E-state index is 0.0296. The van der Waals surface area contributed by atoms with Crippen molar-refractivity contribution in [3.8, 4) is 5.75 Å². The van der Waals surface area contributed by atoms with Crippen molar-refractivity contribution in [1.82, 2.24) is 46.6 Å². The van der Waals surface area contributed by atoms with Gasteiger partial charge < -0.3 is 93.2 Å². The molecule has 0 bridgehead atoms. The number of aliphatic hydroxyl groups excluding tert-OH is 7. The van der Waals surface area contributed by atoms with Crippen LogP contribution < -0.4 is 37.6 Å². The van der Waals surface area contributed by atoms with Gasteiger partial charge in [0.1, 0.15) is 54.2 Å². The number of amides is 8. The number of hydrogen-bond donors (Lipinski definition) is 15. The Balaban J connectivity index is 1.77. The van der Waals surface area contributed by atoms with E-state index in [1.165, 1.54) is 18.6 Å². The third kappa shape index (κ3) is 20.9. The topological polar surface area (TPSA) is 406 Å². The number of unbranched alkanes of at least 4 members (excludes halogenated alkanes) is 5. The molecule has 3 aliphatic rings. The van der Waals surface area contributed by atoms with Gasteiger partial charge in [-0.2, -0.15) is 0 Å². The zero-order chi connectivity index (χ0) is 61.0. The summed E-state index contributed by atoms with van der Waals surface area (Å²) in [5.74, 6) is -7.91. The van der Waals surface area contributed by atoms with E-state index in [1.807, 2.05) is 19.0 Å². The first-order valence-electron chi connectivity index (χ1n) is 29.0. The number of nitrogens with two attached hydrogens (primary N) is 1. The summed E-state index contributed by atoms with van der Waals surface area (Å²) in [7, 11) is 3.73. The van der Waals surface area contributed by atoms with Gasteiger partial charge in [-0.1, -0.05) is 77.8 Å². The summed E-state index contributed by atoms with van der Waals surface area (Å²) < 4.78 is 0. The van der Waals surface area contributed by atoms with Crippen LogP contribution in [-0.2, 0) is 38.4 Å². The highest BCUT2D eigenvalue weighted by Crippen LogP contribution is 2.27. The van der Waals surface area contributed by atoms with Crippen LogP contribution in [0.2, 0.25) is 0 Å². The number of rotatable bonds is 26. The van der Waals surface area contributed by atoms with Crippen molar-refractivity contribution < 1.29 is 79.2 Å². The Morgan fingerprint density at radius 2 is 1.37 bits per heavy atom. The molecule has 0 saturated carbocycles. The van der Waals surface area contributed by atoms with Crippen molar-refractivity contribution in [2.45, 2.75) is 209 Å². The number of aromatic hydroxyl groups is 1. The molecular weight excluding hydrogens is 1070 g/mol. The minimum atomic E-state index is -2.35. The summed E-state index contributed by atoms with van der Waals surface area (Å²) in [6, 6.07) is -8.26. The number of hydrogen-bond acceptors (Lipinski definition) is 18. The van der Waals surface area contributed by atoms with Crippen LogP contribution in [0.25, 0.3) is 0 Å².